The molecule has 3 rings (SSSR count). The molecule has 2 atom stereocenters. The third-order valence-electron chi connectivity index (χ3n) is 3.83. The fourth-order valence-corrected chi connectivity index (χ4v) is 2.74. The van der Waals surface area contributed by atoms with Crippen LogP contribution in [-0.2, 0) is 4.79 Å². The number of benzene rings is 1. The zero-order chi connectivity index (χ0) is 14.5. The Balaban J connectivity index is 1.88. The van der Waals surface area contributed by atoms with Gasteiger partial charge < -0.3 is 9.64 Å². The van der Waals surface area contributed by atoms with Gasteiger partial charge in [0.1, 0.15) is 11.4 Å². The third kappa shape index (κ3) is 2.25. The Morgan fingerprint density at radius 1 is 1.40 bits per heavy atom. The smallest absolute Gasteiger partial charge is 0.242 e. The van der Waals surface area contributed by atoms with Crippen LogP contribution in [0.5, 0.6) is 5.75 Å². The van der Waals surface area contributed by atoms with Crippen molar-refractivity contribution in [3.8, 4) is 5.75 Å². The van der Waals surface area contributed by atoms with E-state index in [0.29, 0.717) is 18.0 Å². The van der Waals surface area contributed by atoms with Crippen molar-refractivity contribution < 1.29 is 18.3 Å². The highest BCUT2D eigenvalue weighted by atomic mass is 19.3. The molecule has 5 heteroatoms. The monoisotopic (exact) mass is 281 g/mol. The van der Waals surface area contributed by atoms with Crippen molar-refractivity contribution in [2.24, 2.45) is 11.8 Å². The van der Waals surface area contributed by atoms with Crippen LogP contribution in [0.1, 0.15) is 20.3 Å². The summed E-state index contributed by atoms with van der Waals surface area (Å²) in [6, 6.07) is 7.25. The molecule has 0 unspecified atom stereocenters. The Kier molecular flexibility index (Phi) is 2.96. The minimum absolute atomic E-state index is 0.209. The second-order valence-corrected chi connectivity index (χ2v) is 6.09. The van der Waals surface area contributed by atoms with Crippen LogP contribution < -0.4 is 9.64 Å². The average Bonchev–Trinajstić information content (AvgIpc) is 3.16. The summed E-state index contributed by atoms with van der Waals surface area (Å²) >= 11 is 0. The standard InChI is InChI=1S/C15H17F2NO2/c1-15(2)8-18(11-5-3-4-6-12(11)20-15)14(19)10-7-9(10)13(16)17/h3-6,9-10,13H,7-8H2,1-2H3/t9-,10+/m0/s1. The maximum atomic E-state index is 12.7. The molecule has 108 valence electrons. The highest BCUT2D eigenvalue weighted by Gasteiger charge is 2.51. The Labute approximate surface area is 116 Å². The van der Waals surface area contributed by atoms with Gasteiger partial charge in [-0.25, -0.2) is 8.78 Å². The molecule has 0 N–H and O–H groups in total. The van der Waals surface area contributed by atoms with Gasteiger partial charge in [0.2, 0.25) is 12.3 Å². The number of carbonyl (C=O) groups excluding carboxylic acids is 1. The first-order valence-electron chi connectivity index (χ1n) is 6.76. The fraction of sp³-hybridized carbons (Fsp3) is 0.533. The van der Waals surface area contributed by atoms with Gasteiger partial charge >= 0.3 is 0 Å². The molecule has 1 fully saturated rings. The van der Waals surface area contributed by atoms with Crippen molar-refractivity contribution in [3.05, 3.63) is 24.3 Å². The van der Waals surface area contributed by atoms with E-state index in [-0.39, 0.29) is 12.3 Å². The molecule has 1 aromatic carbocycles. The molecule has 1 heterocycles. The van der Waals surface area contributed by atoms with Crippen LogP contribution in [0.2, 0.25) is 0 Å². The molecule has 0 aromatic heterocycles. The number of hydrogen-bond donors (Lipinski definition) is 0. The number of halogens is 2. The Morgan fingerprint density at radius 2 is 2.10 bits per heavy atom. The first kappa shape index (κ1) is 13.3. The Bertz CT molecular complexity index is 544. The quantitative estimate of drug-likeness (QED) is 0.833. The van der Waals surface area contributed by atoms with E-state index in [9.17, 15) is 13.6 Å². The maximum Gasteiger partial charge on any atom is 0.242 e. The molecular formula is C15H17F2NO2. The van der Waals surface area contributed by atoms with Gasteiger partial charge in [0.05, 0.1) is 12.2 Å². The number of nitrogens with zero attached hydrogens (tertiary/aromatic N) is 1. The number of anilines is 1. The van der Waals surface area contributed by atoms with E-state index in [1.165, 1.54) is 0 Å². The molecule has 3 nitrogen and oxygen atoms in total. The van der Waals surface area contributed by atoms with Gasteiger partial charge in [-0.1, -0.05) is 12.1 Å². The molecule has 0 bridgehead atoms. The van der Waals surface area contributed by atoms with Crippen molar-refractivity contribution in [2.45, 2.75) is 32.3 Å². The molecule has 1 amide bonds. The molecule has 1 aliphatic heterocycles. The van der Waals surface area contributed by atoms with Crippen LogP contribution in [0.3, 0.4) is 0 Å². The van der Waals surface area contributed by atoms with Gasteiger partial charge in [-0.05, 0) is 32.4 Å². The van der Waals surface area contributed by atoms with Crippen molar-refractivity contribution in [1.29, 1.82) is 0 Å². The van der Waals surface area contributed by atoms with E-state index in [1.54, 1.807) is 17.0 Å². The van der Waals surface area contributed by atoms with E-state index in [1.807, 2.05) is 26.0 Å². The largest absolute Gasteiger partial charge is 0.484 e. The first-order valence-corrected chi connectivity index (χ1v) is 6.76. The Hall–Kier alpha value is -1.65. The summed E-state index contributed by atoms with van der Waals surface area (Å²) in [6.45, 7) is 4.16. The van der Waals surface area contributed by atoms with E-state index < -0.39 is 23.9 Å². The van der Waals surface area contributed by atoms with E-state index in [4.69, 9.17) is 4.74 Å². The summed E-state index contributed by atoms with van der Waals surface area (Å²) in [6.07, 6.45) is -2.12. The first-order chi connectivity index (χ1) is 9.39. The van der Waals surface area contributed by atoms with Gasteiger partial charge in [0.25, 0.3) is 0 Å². The number of amides is 1. The summed E-state index contributed by atoms with van der Waals surface area (Å²) in [7, 11) is 0. The molecule has 1 aromatic rings. The maximum absolute atomic E-state index is 12.7. The number of ether oxygens (including phenoxy) is 1. The minimum atomic E-state index is -2.41. The second kappa shape index (κ2) is 4.43. The fourth-order valence-electron chi connectivity index (χ4n) is 2.74. The summed E-state index contributed by atoms with van der Waals surface area (Å²) in [5.74, 6) is -0.900. The topological polar surface area (TPSA) is 29.5 Å². The second-order valence-electron chi connectivity index (χ2n) is 6.09. The highest BCUT2D eigenvalue weighted by Crippen LogP contribution is 2.47. The molecule has 1 aliphatic carbocycles. The molecule has 0 saturated heterocycles. The van der Waals surface area contributed by atoms with Gasteiger partial charge in [-0.2, -0.15) is 0 Å². The SMILES string of the molecule is CC1(C)CN(C(=O)[C@@H]2C[C@@H]2C(F)F)c2ccccc2O1. The molecule has 0 radical (unpaired) electrons. The van der Waals surface area contributed by atoms with Gasteiger partial charge in [-0.15, -0.1) is 0 Å². The highest BCUT2D eigenvalue weighted by molar-refractivity contribution is 5.98. The van der Waals surface area contributed by atoms with Crippen molar-refractivity contribution in [1.82, 2.24) is 0 Å². The summed E-state index contributed by atoms with van der Waals surface area (Å²) in [5.41, 5.74) is 0.163. The van der Waals surface area contributed by atoms with Crippen molar-refractivity contribution in [2.75, 3.05) is 11.4 Å². The van der Waals surface area contributed by atoms with Crippen LogP contribution in [0.25, 0.3) is 0 Å². The number of alkyl halides is 2. The molecule has 0 spiro atoms. The number of hydrogen-bond acceptors (Lipinski definition) is 2. The lowest BCUT2D eigenvalue weighted by Gasteiger charge is -2.39. The average molecular weight is 281 g/mol. The van der Waals surface area contributed by atoms with Crippen LogP contribution in [0, 0.1) is 11.8 Å². The predicted molar refractivity (Wildman–Crippen MR) is 71.1 cm³/mol. The Morgan fingerprint density at radius 3 is 2.75 bits per heavy atom. The molecular weight excluding hydrogens is 264 g/mol. The minimum Gasteiger partial charge on any atom is -0.484 e. The zero-order valence-corrected chi connectivity index (χ0v) is 11.5. The van der Waals surface area contributed by atoms with Crippen molar-refractivity contribution >= 4 is 11.6 Å². The lowest BCUT2D eigenvalue weighted by atomic mass is 10.0. The van der Waals surface area contributed by atoms with Gasteiger partial charge in [0, 0.05) is 11.8 Å². The number of fused-ring (bicyclic) bond motifs is 1. The van der Waals surface area contributed by atoms with Crippen LogP contribution in [-0.4, -0.2) is 24.5 Å². The molecule has 2 aliphatic rings. The van der Waals surface area contributed by atoms with E-state index in [0.717, 1.165) is 0 Å². The van der Waals surface area contributed by atoms with E-state index in [2.05, 4.69) is 0 Å². The number of carbonyl (C=O) groups is 1. The zero-order valence-electron chi connectivity index (χ0n) is 11.5. The lowest BCUT2D eigenvalue weighted by Crippen LogP contribution is -2.50. The number of rotatable bonds is 2. The van der Waals surface area contributed by atoms with E-state index >= 15 is 0 Å². The lowest BCUT2D eigenvalue weighted by molar-refractivity contribution is -0.121. The summed E-state index contributed by atoms with van der Waals surface area (Å²) in [5, 5.41) is 0. The molecule has 1 saturated carbocycles. The van der Waals surface area contributed by atoms with Crippen molar-refractivity contribution in [3.63, 3.8) is 0 Å². The molecule has 20 heavy (non-hydrogen) atoms. The van der Waals surface area contributed by atoms with Crippen LogP contribution >= 0.6 is 0 Å². The normalized spacial score (nSPS) is 26.9. The van der Waals surface area contributed by atoms with Crippen LogP contribution in [0.4, 0.5) is 14.5 Å². The predicted octanol–water partition coefficient (Wildman–Crippen LogP) is 3.09. The number of para-hydroxylation sites is 2. The van der Waals surface area contributed by atoms with Crippen LogP contribution in [0.15, 0.2) is 24.3 Å². The van der Waals surface area contributed by atoms with Gasteiger partial charge in [-0.3, -0.25) is 4.79 Å². The third-order valence-corrected chi connectivity index (χ3v) is 3.83. The van der Waals surface area contributed by atoms with Gasteiger partial charge in [0.15, 0.2) is 0 Å². The summed E-state index contributed by atoms with van der Waals surface area (Å²) < 4.78 is 31.1. The summed E-state index contributed by atoms with van der Waals surface area (Å²) in [4.78, 5) is 14.1.